The minimum atomic E-state index is -0.946. The Balaban J connectivity index is 1.52. The molecule has 0 saturated carbocycles. The number of carbonyl (C=O) groups is 3. The number of benzene rings is 3. The summed E-state index contributed by atoms with van der Waals surface area (Å²) in [7, 11) is 0. The van der Waals surface area contributed by atoms with Crippen LogP contribution in [-0.4, -0.2) is 34.9 Å². The molecule has 0 radical (unpaired) electrons. The van der Waals surface area contributed by atoms with Crippen LogP contribution in [0.15, 0.2) is 115 Å². The number of carbonyl (C=O) groups excluding carboxylic acids is 3. The van der Waals surface area contributed by atoms with Crippen molar-refractivity contribution in [3.05, 3.63) is 138 Å². The smallest absolute Gasteiger partial charge is 0.329 e. The molecule has 1 heterocycles. The number of nitrogens with zero attached hydrogens (tertiary/aromatic N) is 1. The first-order valence-corrected chi connectivity index (χ1v) is 12.4. The second kappa shape index (κ2) is 13.5. The topological polar surface area (TPSA) is 97.4 Å². The lowest BCUT2D eigenvalue weighted by Crippen LogP contribution is -2.53. The van der Waals surface area contributed by atoms with Gasteiger partial charge in [0.1, 0.15) is 24.4 Å². The molecule has 2 N–H and O–H groups in total. The molecule has 2 amide bonds. The molecule has 7 heteroatoms. The van der Waals surface area contributed by atoms with Crippen molar-refractivity contribution >= 4 is 17.8 Å². The maximum atomic E-state index is 13.5. The van der Waals surface area contributed by atoms with Gasteiger partial charge in [-0.15, -0.1) is 0 Å². The molecule has 0 unspecified atom stereocenters. The first kappa shape index (κ1) is 26.3. The first-order chi connectivity index (χ1) is 18.6. The van der Waals surface area contributed by atoms with E-state index in [0.717, 1.165) is 16.7 Å². The minimum Gasteiger partial charge on any atom is -0.459 e. The molecule has 1 aromatic heterocycles. The summed E-state index contributed by atoms with van der Waals surface area (Å²) in [4.78, 5) is 43.6. The third-order valence-electron chi connectivity index (χ3n) is 5.91. The maximum Gasteiger partial charge on any atom is 0.329 e. The fraction of sp³-hybridized carbons (Fsp3) is 0.161. The van der Waals surface area contributed by atoms with Crippen LogP contribution in [-0.2, 0) is 33.8 Å². The number of ether oxygens (including phenoxy) is 1. The van der Waals surface area contributed by atoms with Gasteiger partial charge in [-0.05, 0) is 28.8 Å². The summed E-state index contributed by atoms with van der Waals surface area (Å²) < 4.78 is 5.56. The Bertz CT molecular complexity index is 1320. The second-order valence-corrected chi connectivity index (χ2v) is 8.77. The highest BCUT2D eigenvalue weighted by Crippen LogP contribution is 2.10. The van der Waals surface area contributed by atoms with E-state index in [1.165, 1.54) is 6.20 Å². The van der Waals surface area contributed by atoms with Gasteiger partial charge in [-0.2, -0.15) is 0 Å². The average molecular weight is 508 g/mol. The zero-order chi connectivity index (χ0) is 26.6. The number of nitrogens with one attached hydrogen (secondary N) is 2. The van der Waals surface area contributed by atoms with Gasteiger partial charge < -0.3 is 15.4 Å². The van der Waals surface area contributed by atoms with E-state index >= 15 is 0 Å². The van der Waals surface area contributed by atoms with Crippen LogP contribution in [0, 0.1) is 0 Å². The molecule has 3 aromatic carbocycles. The van der Waals surface area contributed by atoms with Crippen LogP contribution >= 0.6 is 0 Å². The van der Waals surface area contributed by atoms with Crippen LogP contribution in [0.1, 0.15) is 27.2 Å². The van der Waals surface area contributed by atoms with Crippen LogP contribution in [0.25, 0.3) is 0 Å². The number of hydrogen-bond acceptors (Lipinski definition) is 5. The van der Waals surface area contributed by atoms with Gasteiger partial charge in [0.2, 0.25) is 5.91 Å². The molecule has 192 valence electrons. The lowest BCUT2D eigenvalue weighted by atomic mass is 10.0. The highest BCUT2D eigenvalue weighted by molar-refractivity contribution is 5.97. The molecule has 0 bridgehead atoms. The zero-order valence-electron chi connectivity index (χ0n) is 20.8. The van der Waals surface area contributed by atoms with Crippen molar-refractivity contribution < 1.29 is 19.1 Å². The lowest BCUT2D eigenvalue weighted by Gasteiger charge is -2.23. The fourth-order valence-corrected chi connectivity index (χ4v) is 3.93. The van der Waals surface area contributed by atoms with Crippen LogP contribution in [0.3, 0.4) is 0 Å². The van der Waals surface area contributed by atoms with Crippen molar-refractivity contribution in [3.63, 3.8) is 0 Å². The molecule has 4 rings (SSSR count). The third kappa shape index (κ3) is 7.86. The highest BCUT2D eigenvalue weighted by Gasteiger charge is 2.28. The van der Waals surface area contributed by atoms with Gasteiger partial charge in [0.15, 0.2) is 0 Å². The predicted octanol–water partition coefficient (Wildman–Crippen LogP) is 3.89. The molecule has 0 saturated heterocycles. The van der Waals surface area contributed by atoms with Gasteiger partial charge >= 0.3 is 5.97 Å². The minimum absolute atomic E-state index is 0.0880. The van der Waals surface area contributed by atoms with Crippen molar-refractivity contribution in [2.75, 3.05) is 0 Å². The lowest BCUT2D eigenvalue weighted by molar-refractivity contribution is -0.149. The van der Waals surface area contributed by atoms with Crippen molar-refractivity contribution in [3.8, 4) is 0 Å². The molecule has 0 fully saturated rings. The molecule has 38 heavy (non-hydrogen) atoms. The third-order valence-corrected chi connectivity index (χ3v) is 5.91. The van der Waals surface area contributed by atoms with Gasteiger partial charge in [-0.25, -0.2) is 4.79 Å². The van der Waals surface area contributed by atoms with Crippen LogP contribution < -0.4 is 10.6 Å². The summed E-state index contributed by atoms with van der Waals surface area (Å²) in [5.41, 5.74) is 2.77. The summed E-state index contributed by atoms with van der Waals surface area (Å²) in [5.74, 6) is -1.52. The maximum absolute atomic E-state index is 13.5. The van der Waals surface area contributed by atoms with E-state index in [-0.39, 0.29) is 25.1 Å². The summed E-state index contributed by atoms with van der Waals surface area (Å²) in [5, 5.41) is 5.61. The van der Waals surface area contributed by atoms with Gasteiger partial charge in [0.05, 0.1) is 0 Å². The second-order valence-electron chi connectivity index (χ2n) is 8.77. The Labute approximate surface area is 221 Å². The molecule has 7 nitrogen and oxygen atoms in total. The van der Waals surface area contributed by atoms with Crippen LogP contribution in [0.4, 0.5) is 0 Å². The van der Waals surface area contributed by atoms with E-state index in [4.69, 9.17) is 4.74 Å². The summed E-state index contributed by atoms with van der Waals surface area (Å²) in [6, 6.07) is 31.2. The molecule has 0 aliphatic heterocycles. The fourth-order valence-electron chi connectivity index (χ4n) is 3.93. The van der Waals surface area contributed by atoms with E-state index < -0.39 is 29.9 Å². The summed E-state index contributed by atoms with van der Waals surface area (Å²) in [6.07, 6.45) is 1.99. The van der Waals surface area contributed by atoms with E-state index in [1.807, 2.05) is 91.0 Å². The summed E-state index contributed by atoms with van der Waals surface area (Å²) >= 11 is 0. The van der Waals surface area contributed by atoms with Crippen molar-refractivity contribution in [1.29, 1.82) is 0 Å². The van der Waals surface area contributed by atoms with E-state index in [0.29, 0.717) is 0 Å². The zero-order valence-corrected chi connectivity index (χ0v) is 20.8. The Morgan fingerprint density at radius 3 is 1.71 bits per heavy atom. The standard InChI is InChI=1S/C31H29N3O4/c35-29(26-18-10-11-19-32-26)33-27(20-23-12-4-1-5-13-23)30(36)34-28(21-24-14-6-2-7-15-24)31(37)38-22-25-16-8-3-9-17-25/h1-19,27-28H,20-22H2,(H,33,35)(H,34,36)/t27-,28-/m0/s1. The number of esters is 1. The molecular weight excluding hydrogens is 478 g/mol. The Hall–Kier alpha value is -4.78. The van der Waals surface area contributed by atoms with Gasteiger partial charge in [-0.3, -0.25) is 14.6 Å². The number of amides is 2. The van der Waals surface area contributed by atoms with E-state index in [9.17, 15) is 14.4 Å². The van der Waals surface area contributed by atoms with Gasteiger partial charge in [-0.1, -0.05) is 97.1 Å². The number of aromatic nitrogens is 1. The number of hydrogen-bond donors (Lipinski definition) is 2. The SMILES string of the molecule is O=C(N[C@@H](Cc1ccccc1)C(=O)N[C@@H](Cc1ccccc1)C(=O)OCc1ccccc1)c1ccccn1. The quantitative estimate of drug-likeness (QED) is 0.300. The predicted molar refractivity (Wildman–Crippen MR) is 144 cm³/mol. The van der Waals surface area contributed by atoms with Gasteiger partial charge in [0.25, 0.3) is 5.91 Å². The van der Waals surface area contributed by atoms with E-state index in [2.05, 4.69) is 15.6 Å². The first-order valence-electron chi connectivity index (χ1n) is 12.4. The van der Waals surface area contributed by atoms with Crippen molar-refractivity contribution in [1.82, 2.24) is 15.6 Å². The molecule has 0 aliphatic rings. The van der Waals surface area contributed by atoms with E-state index in [1.54, 1.807) is 18.2 Å². The largest absolute Gasteiger partial charge is 0.459 e. The molecule has 2 atom stereocenters. The van der Waals surface area contributed by atoms with Crippen molar-refractivity contribution in [2.24, 2.45) is 0 Å². The normalized spacial score (nSPS) is 12.1. The van der Waals surface area contributed by atoms with Gasteiger partial charge in [0, 0.05) is 19.0 Å². The Kier molecular flexibility index (Phi) is 9.34. The Morgan fingerprint density at radius 2 is 1.16 bits per heavy atom. The van der Waals surface area contributed by atoms with Crippen LogP contribution in [0.2, 0.25) is 0 Å². The highest BCUT2D eigenvalue weighted by atomic mass is 16.5. The summed E-state index contributed by atoms with van der Waals surface area (Å²) in [6.45, 7) is 0.0880. The number of rotatable bonds is 11. The number of pyridine rings is 1. The molecule has 0 aliphatic carbocycles. The van der Waals surface area contributed by atoms with Crippen LogP contribution in [0.5, 0.6) is 0 Å². The van der Waals surface area contributed by atoms with Crippen molar-refractivity contribution in [2.45, 2.75) is 31.5 Å². The molecular formula is C31H29N3O4. The average Bonchev–Trinajstić information content (AvgIpc) is 2.97. The monoisotopic (exact) mass is 507 g/mol. The molecule has 0 spiro atoms. The Morgan fingerprint density at radius 1 is 0.632 bits per heavy atom. The molecule has 4 aromatic rings.